The summed E-state index contributed by atoms with van der Waals surface area (Å²) in [5.41, 5.74) is 0.692. The zero-order chi connectivity index (χ0) is 18.7. The van der Waals surface area contributed by atoms with Gasteiger partial charge in [-0.3, -0.25) is 14.4 Å². The van der Waals surface area contributed by atoms with Gasteiger partial charge in [-0.15, -0.1) is 10.2 Å². The SMILES string of the molecule is COCc1nnc(NC(=O)c2ccc(N3CCCCS3(=O)=O)cc2Cl)s1. The van der Waals surface area contributed by atoms with Crippen LogP contribution in [0.4, 0.5) is 10.8 Å². The van der Waals surface area contributed by atoms with Crippen LogP contribution in [-0.4, -0.2) is 43.9 Å². The fraction of sp³-hybridized carbons (Fsp3) is 0.400. The Morgan fingerprint density at radius 2 is 2.19 bits per heavy atom. The molecule has 1 aliphatic heterocycles. The first-order valence-corrected chi connectivity index (χ1v) is 10.6. The first kappa shape index (κ1) is 19.0. The number of anilines is 2. The van der Waals surface area contributed by atoms with E-state index in [1.54, 1.807) is 13.2 Å². The van der Waals surface area contributed by atoms with Gasteiger partial charge < -0.3 is 4.74 Å². The highest BCUT2D eigenvalue weighted by Crippen LogP contribution is 2.29. The quantitative estimate of drug-likeness (QED) is 0.803. The van der Waals surface area contributed by atoms with Crippen LogP contribution in [0, 0.1) is 0 Å². The molecule has 1 aliphatic rings. The Hall–Kier alpha value is -1.75. The molecule has 1 saturated heterocycles. The van der Waals surface area contributed by atoms with Crippen LogP contribution in [0.5, 0.6) is 0 Å². The van der Waals surface area contributed by atoms with E-state index in [-0.39, 0.29) is 16.3 Å². The van der Waals surface area contributed by atoms with Crippen LogP contribution >= 0.6 is 22.9 Å². The number of hydrogen-bond acceptors (Lipinski definition) is 7. The first-order valence-electron chi connectivity index (χ1n) is 7.83. The van der Waals surface area contributed by atoms with Gasteiger partial charge in [0.1, 0.15) is 11.6 Å². The number of sulfonamides is 1. The Morgan fingerprint density at radius 1 is 1.38 bits per heavy atom. The highest BCUT2D eigenvalue weighted by Gasteiger charge is 2.26. The summed E-state index contributed by atoms with van der Waals surface area (Å²) in [5, 5.41) is 11.5. The highest BCUT2D eigenvalue weighted by atomic mass is 35.5. The molecule has 0 unspecified atom stereocenters. The Morgan fingerprint density at radius 3 is 2.88 bits per heavy atom. The molecule has 140 valence electrons. The topological polar surface area (TPSA) is 101 Å². The zero-order valence-electron chi connectivity index (χ0n) is 13.9. The second-order valence-electron chi connectivity index (χ2n) is 5.65. The molecule has 2 aromatic rings. The van der Waals surface area contributed by atoms with E-state index in [4.69, 9.17) is 16.3 Å². The lowest BCUT2D eigenvalue weighted by Crippen LogP contribution is -2.37. The van der Waals surface area contributed by atoms with Crippen molar-refractivity contribution >= 4 is 49.7 Å². The summed E-state index contributed by atoms with van der Waals surface area (Å²) in [4.78, 5) is 12.4. The summed E-state index contributed by atoms with van der Waals surface area (Å²) < 4.78 is 30.7. The van der Waals surface area contributed by atoms with Gasteiger partial charge in [0, 0.05) is 13.7 Å². The van der Waals surface area contributed by atoms with E-state index in [1.165, 1.54) is 27.8 Å². The predicted molar refractivity (Wildman–Crippen MR) is 100 cm³/mol. The van der Waals surface area contributed by atoms with E-state index in [1.807, 2.05) is 0 Å². The number of rotatable bonds is 5. The highest BCUT2D eigenvalue weighted by molar-refractivity contribution is 7.92. The number of nitrogens with zero attached hydrogens (tertiary/aromatic N) is 3. The molecule has 0 atom stereocenters. The molecule has 1 N–H and O–H groups in total. The van der Waals surface area contributed by atoms with E-state index in [9.17, 15) is 13.2 Å². The number of carbonyl (C=O) groups excluding carboxylic acids is 1. The summed E-state index contributed by atoms with van der Waals surface area (Å²) >= 11 is 7.42. The summed E-state index contributed by atoms with van der Waals surface area (Å²) in [6.07, 6.45) is 1.44. The standard InChI is InChI=1S/C15H17ClN4O4S2/c1-24-9-13-18-19-15(25-13)17-14(21)11-5-4-10(8-12(11)16)20-6-2-3-7-26(20,22)23/h4-5,8H,2-3,6-7,9H2,1H3,(H,17,19,21). The van der Waals surface area contributed by atoms with Gasteiger partial charge in [-0.05, 0) is 31.0 Å². The molecule has 0 aliphatic carbocycles. The van der Waals surface area contributed by atoms with Gasteiger partial charge in [0.15, 0.2) is 0 Å². The molecule has 0 saturated carbocycles. The molecule has 1 aromatic heterocycles. The van der Waals surface area contributed by atoms with Crippen LogP contribution < -0.4 is 9.62 Å². The Kier molecular flexibility index (Phi) is 5.76. The normalized spacial score (nSPS) is 16.5. The number of carbonyl (C=O) groups is 1. The van der Waals surface area contributed by atoms with Gasteiger partial charge in [-0.1, -0.05) is 22.9 Å². The Labute approximate surface area is 160 Å². The van der Waals surface area contributed by atoms with Crippen LogP contribution in [0.1, 0.15) is 28.2 Å². The fourth-order valence-electron chi connectivity index (χ4n) is 2.57. The van der Waals surface area contributed by atoms with Crippen molar-refractivity contribution in [3.8, 4) is 0 Å². The van der Waals surface area contributed by atoms with Gasteiger partial charge in [0.05, 0.1) is 22.0 Å². The molecule has 26 heavy (non-hydrogen) atoms. The Balaban J connectivity index is 1.77. The lowest BCUT2D eigenvalue weighted by atomic mass is 10.2. The first-order chi connectivity index (χ1) is 12.4. The molecular weight excluding hydrogens is 400 g/mol. The fourth-order valence-corrected chi connectivity index (χ4v) is 5.17. The van der Waals surface area contributed by atoms with E-state index in [0.29, 0.717) is 35.4 Å². The van der Waals surface area contributed by atoms with Gasteiger partial charge >= 0.3 is 0 Å². The summed E-state index contributed by atoms with van der Waals surface area (Å²) in [6.45, 7) is 0.727. The molecule has 0 bridgehead atoms. The van der Waals surface area contributed by atoms with Gasteiger partial charge in [-0.2, -0.15) is 0 Å². The largest absolute Gasteiger partial charge is 0.377 e. The summed E-state index contributed by atoms with van der Waals surface area (Å²) in [6, 6.07) is 4.59. The van der Waals surface area contributed by atoms with Gasteiger partial charge in [0.2, 0.25) is 15.2 Å². The molecule has 0 spiro atoms. The molecule has 3 rings (SSSR count). The minimum Gasteiger partial charge on any atom is -0.377 e. The van der Waals surface area contributed by atoms with Crippen LogP contribution in [-0.2, 0) is 21.4 Å². The number of hydrogen-bond donors (Lipinski definition) is 1. The maximum Gasteiger partial charge on any atom is 0.259 e. The lowest BCUT2D eigenvalue weighted by molar-refractivity contribution is 0.102. The van der Waals surface area contributed by atoms with Crippen molar-refractivity contribution < 1.29 is 17.9 Å². The second-order valence-corrected chi connectivity index (χ2v) is 9.13. The van der Waals surface area contributed by atoms with E-state index in [0.717, 1.165) is 6.42 Å². The molecule has 1 fully saturated rings. The smallest absolute Gasteiger partial charge is 0.259 e. The van der Waals surface area contributed by atoms with Gasteiger partial charge in [0.25, 0.3) is 5.91 Å². The van der Waals surface area contributed by atoms with Crippen molar-refractivity contribution in [1.29, 1.82) is 0 Å². The molecule has 2 heterocycles. The van der Waals surface area contributed by atoms with Crippen molar-refractivity contribution in [3.63, 3.8) is 0 Å². The third-order valence-corrected chi connectivity index (χ3v) is 6.78. The van der Waals surface area contributed by atoms with Crippen molar-refractivity contribution in [3.05, 3.63) is 33.8 Å². The maximum atomic E-state index is 12.4. The third-order valence-electron chi connectivity index (χ3n) is 3.79. The molecule has 8 nitrogen and oxygen atoms in total. The number of methoxy groups -OCH3 is 1. The van der Waals surface area contributed by atoms with Crippen molar-refractivity contribution in [1.82, 2.24) is 10.2 Å². The van der Waals surface area contributed by atoms with E-state index in [2.05, 4.69) is 15.5 Å². The number of aromatic nitrogens is 2. The maximum absolute atomic E-state index is 12.4. The zero-order valence-corrected chi connectivity index (χ0v) is 16.3. The minimum absolute atomic E-state index is 0.119. The summed E-state index contributed by atoms with van der Waals surface area (Å²) in [5.74, 6) is -0.323. The molecule has 1 amide bonds. The van der Waals surface area contributed by atoms with Crippen LogP contribution in [0.15, 0.2) is 18.2 Å². The van der Waals surface area contributed by atoms with Crippen molar-refractivity contribution in [2.75, 3.05) is 29.0 Å². The molecule has 11 heteroatoms. The number of halogens is 1. The number of nitrogens with one attached hydrogen (secondary N) is 1. The summed E-state index contributed by atoms with van der Waals surface area (Å²) in [7, 11) is -1.79. The van der Waals surface area contributed by atoms with Crippen LogP contribution in [0.25, 0.3) is 0 Å². The minimum atomic E-state index is -3.33. The average Bonchev–Trinajstić information content (AvgIpc) is 3.01. The van der Waals surface area contributed by atoms with Crippen molar-refractivity contribution in [2.24, 2.45) is 0 Å². The second kappa shape index (κ2) is 7.87. The average molecular weight is 417 g/mol. The molecular formula is C15H17ClN4O4S2. The van der Waals surface area contributed by atoms with Crippen molar-refractivity contribution in [2.45, 2.75) is 19.4 Å². The van der Waals surface area contributed by atoms with Crippen LogP contribution in [0.3, 0.4) is 0 Å². The van der Waals surface area contributed by atoms with Gasteiger partial charge in [-0.25, -0.2) is 8.42 Å². The lowest BCUT2D eigenvalue weighted by Gasteiger charge is -2.28. The third kappa shape index (κ3) is 4.14. The monoisotopic (exact) mass is 416 g/mol. The molecule has 1 aromatic carbocycles. The Bertz CT molecular complexity index is 916. The predicted octanol–water partition coefficient (Wildman–Crippen LogP) is 2.52. The molecule has 0 radical (unpaired) electrons. The number of benzene rings is 1. The van der Waals surface area contributed by atoms with E-state index >= 15 is 0 Å². The number of ether oxygens (including phenoxy) is 1. The van der Waals surface area contributed by atoms with E-state index < -0.39 is 15.9 Å². The van der Waals surface area contributed by atoms with Crippen LogP contribution in [0.2, 0.25) is 5.02 Å². The number of amides is 1.